The van der Waals surface area contributed by atoms with E-state index in [1.165, 1.54) is 28.9 Å². The Morgan fingerprint density at radius 1 is 1.31 bits per heavy atom. The second kappa shape index (κ2) is 9.09. The molecule has 1 aromatic carbocycles. The fourth-order valence-electron chi connectivity index (χ4n) is 3.34. The Labute approximate surface area is 193 Å². The summed E-state index contributed by atoms with van der Waals surface area (Å²) in [5, 5.41) is 26.9. The summed E-state index contributed by atoms with van der Waals surface area (Å²) in [6.45, 7) is 2.13. The van der Waals surface area contributed by atoms with Crippen LogP contribution in [0.4, 0.5) is 5.69 Å². The minimum Gasteiger partial charge on any atom is -0.317 e. The van der Waals surface area contributed by atoms with E-state index in [-0.39, 0.29) is 22.1 Å². The third-order valence-corrected chi connectivity index (χ3v) is 6.26. The van der Waals surface area contributed by atoms with E-state index in [1.54, 1.807) is 35.0 Å². The van der Waals surface area contributed by atoms with Crippen LogP contribution in [0.15, 0.2) is 52.2 Å². The van der Waals surface area contributed by atoms with E-state index in [9.17, 15) is 14.9 Å². The van der Waals surface area contributed by atoms with Crippen LogP contribution in [0, 0.1) is 15.5 Å². The van der Waals surface area contributed by atoms with Gasteiger partial charge in [-0.05, 0) is 54.9 Å². The summed E-state index contributed by atoms with van der Waals surface area (Å²) in [4.78, 5) is 27.5. The molecule has 3 heterocycles. The second-order valence-corrected chi connectivity index (χ2v) is 8.61. The fraction of sp³-hybridized carbons (Fsp3) is 0.238. The topological polar surface area (TPSA) is 117 Å². The molecule has 11 heteroatoms. The maximum atomic E-state index is 12.7. The van der Waals surface area contributed by atoms with Crippen LogP contribution in [0.2, 0.25) is 5.02 Å². The number of thioether (sulfide) groups is 1. The largest absolute Gasteiger partial charge is 0.317 e. The Balaban J connectivity index is 1.65. The lowest BCUT2D eigenvalue weighted by atomic mass is 10.1. The van der Waals surface area contributed by atoms with Crippen LogP contribution in [-0.2, 0) is 4.79 Å². The highest BCUT2D eigenvalue weighted by molar-refractivity contribution is 8.26. The number of unbranched alkanes of at least 4 members (excludes halogenated alkanes) is 2. The molecule has 0 bridgehead atoms. The van der Waals surface area contributed by atoms with Gasteiger partial charge in [-0.15, -0.1) is 0 Å². The van der Waals surface area contributed by atoms with Crippen molar-refractivity contribution in [2.24, 2.45) is 10.1 Å². The van der Waals surface area contributed by atoms with E-state index in [2.05, 4.69) is 17.0 Å². The zero-order valence-corrected chi connectivity index (χ0v) is 18.7. The number of carbonyl (C=O) groups is 1. The Kier molecular flexibility index (Phi) is 6.24. The Morgan fingerprint density at radius 3 is 2.88 bits per heavy atom. The number of carbonyl (C=O) groups excluding carboxylic acids is 1. The van der Waals surface area contributed by atoms with Gasteiger partial charge in [0.25, 0.3) is 11.6 Å². The van der Waals surface area contributed by atoms with Crippen LogP contribution in [0.1, 0.15) is 38.3 Å². The van der Waals surface area contributed by atoms with Crippen molar-refractivity contribution in [3.63, 3.8) is 0 Å². The molecule has 0 saturated heterocycles. The van der Waals surface area contributed by atoms with Crippen LogP contribution in [0.25, 0.3) is 11.8 Å². The highest BCUT2D eigenvalue weighted by Crippen LogP contribution is 2.31. The summed E-state index contributed by atoms with van der Waals surface area (Å²) in [5.41, 5.74) is 0.944. The van der Waals surface area contributed by atoms with Gasteiger partial charge in [0, 0.05) is 18.0 Å². The van der Waals surface area contributed by atoms with E-state index in [1.807, 2.05) is 0 Å². The number of halogens is 1. The first kappa shape index (κ1) is 22.0. The molecule has 32 heavy (non-hydrogen) atoms. The van der Waals surface area contributed by atoms with Gasteiger partial charge in [0.05, 0.1) is 16.2 Å². The molecule has 164 valence electrons. The second-order valence-electron chi connectivity index (χ2n) is 7.17. The minimum atomic E-state index is -0.550. The van der Waals surface area contributed by atoms with Gasteiger partial charge in [0.2, 0.25) is 5.17 Å². The van der Waals surface area contributed by atoms with Gasteiger partial charge in [-0.3, -0.25) is 20.3 Å². The first-order chi connectivity index (χ1) is 15.4. The third-order valence-electron chi connectivity index (χ3n) is 4.97. The molecule has 0 spiro atoms. The number of aromatic nitrogens is 1. The number of nitro groups is 1. The van der Waals surface area contributed by atoms with E-state index in [0.29, 0.717) is 16.5 Å². The first-order valence-corrected chi connectivity index (χ1v) is 11.2. The van der Waals surface area contributed by atoms with E-state index >= 15 is 0 Å². The van der Waals surface area contributed by atoms with Crippen molar-refractivity contribution in [2.45, 2.75) is 32.6 Å². The summed E-state index contributed by atoms with van der Waals surface area (Å²) >= 11 is 7.24. The van der Waals surface area contributed by atoms with Gasteiger partial charge in [0.15, 0.2) is 5.84 Å². The van der Waals surface area contributed by atoms with Gasteiger partial charge < -0.3 is 4.57 Å². The van der Waals surface area contributed by atoms with Gasteiger partial charge in [-0.25, -0.2) is 0 Å². The molecule has 0 unspecified atom stereocenters. The standard InChI is InChI=1S/C21H19ClN6O3S/c1-2-3-4-7-18-25-27-19(23)15(20(29)24-21(27)32-18)11-13-6-5-10-26(13)14-8-9-16(22)17(12-14)28(30)31/h5-6,8-12,23H,2-4,7H2,1H3/b15-11+,23-19?. The van der Waals surface area contributed by atoms with Crippen molar-refractivity contribution in [1.29, 1.82) is 5.41 Å². The van der Waals surface area contributed by atoms with Crippen LogP contribution in [0.5, 0.6) is 0 Å². The number of nitrogens with one attached hydrogen (secondary N) is 1. The third kappa shape index (κ3) is 4.23. The molecule has 0 fully saturated rings. The van der Waals surface area contributed by atoms with Crippen molar-refractivity contribution in [1.82, 2.24) is 9.58 Å². The van der Waals surface area contributed by atoms with Gasteiger partial charge in [-0.1, -0.05) is 31.4 Å². The van der Waals surface area contributed by atoms with Crippen LogP contribution in [0.3, 0.4) is 0 Å². The number of fused-ring (bicyclic) bond motifs is 1. The normalized spacial score (nSPS) is 16.9. The Bertz CT molecular complexity index is 1220. The predicted octanol–water partition coefficient (Wildman–Crippen LogP) is 5.24. The molecule has 1 N–H and O–H groups in total. The molecule has 9 nitrogen and oxygen atoms in total. The van der Waals surface area contributed by atoms with Crippen molar-refractivity contribution in [2.75, 3.05) is 0 Å². The summed E-state index contributed by atoms with van der Waals surface area (Å²) < 4.78 is 1.67. The molecular formula is C21H19ClN6O3S. The summed E-state index contributed by atoms with van der Waals surface area (Å²) in [6, 6.07) is 7.94. The average molecular weight is 471 g/mol. The summed E-state index contributed by atoms with van der Waals surface area (Å²) in [7, 11) is 0. The molecule has 0 saturated carbocycles. The number of aliphatic imine (C=N–C) groups is 1. The maximum absolute atomic E-state index is 12.7. The zero-order chi connectivity index (χ0) is 22.8. The summed E-state index contributed by atoms with van der Waals surface area (Å²) in [5.74, 6) is -0.568. The lowest BCUT2D eigenvalue weighted by Crippen LogP contribution is -2.35. The molecule has 4 rings (SSSR count). The van der Waals surface area contributed by atoms with Crippen LogP contribution in [-0.4, -0.2) is 36.5 Å². The number of nitrogens with zero attached hydrogens (tertiary/aromatic N) is 5. The predicted molar refractivity (Wildman–Crippen MR) is 127 cm³/mol. The zero-order valence-electron chi connectivity index (χ0n) is 17.1. The monoisotopic (exact) mass is 470 g/mol. The van der Waals surface area contributed by atoms with Gasteiger partial charge >= 0.3 is 0 Å². The summed E-state index contributed by atoms with van der Waals surface area (Å²) in [6.07, 6.45) is 7.22. The number of rotatable bonds is 7. The first-order valence-electron chi connectivity index (χ1n) is 9.99. The maximum Gasteiger partial charge on any atom is 0.289 e. The van der Waals surface area contributed by atoms with Gasteiger partial charge in [0.1, 0.15) is 10.1 Å². The number of amidine groups is 2. The molecular weight excluding hydrogens is 452 g/mol. The van der Waals surface area contributed by atoms with E-state index in [0.717, 1.165) is 30.7 Å². The van der Waals surface area contributed by atoms with Crippen molar-refractivity contribution in [3.8, 4) is 5.69 Å². The van der Waals surface area contributed by atoms with E-state index in [4.69, 9.17) is 17.0 Å². The van der Waals surface area contributed by atoms with Crippen molar-refractivity contribution < 1.29 is 9.72 Å². The molecule has 2 aromatic rings. The molecule has 0 atom stereocenters. The van der Waals surface area contributed by atoms with Crippen LogP contribution < -0.4 is 0 Å². The average Bonchev–Trinajstić information content (AvgIpc) is 3.38. The molecule has 1 amide bonds. The molecule has 0 aliphatic carbocycles. The molecule has 2 aliphatic rings. The minimum absolute atomic E-state index is 0.0380. The lowest BCUT2D eigenvalue weighted by Gasteiger charge is -2.20. The van der Waals surface area contributed by atoms with E-state index < -0.39 is 10.8 Å². The quantitative estimate of drug-likeness (QED) is 0.257. The van der Waals surface area contributed by atoms with Gasteiger partial charge in [-0.2, -0.15) is 15.1 Å². The SMILES string of the molecule is CCCCCC1=NN2C(=N)/C(=C\c3cccn3-c3ccc(Cl)c([N+](=O)[O-])c3)C(=O)N=C2S1. The fourth-order valence-corrected chi connectivity index (χ4v) is 4.46. The number of benzene rings is 1. The highest BCUT2D eigenvalue weighted by Gasteiger charge is 2.35. The highest BCUT2D eigenvalue weighted by atomic mass is 35.5. The number of amides is 1. The number of hydrogen-bond acceptors (Lipinski definition) is 6. The van der Waals surface area contributed by atoms with Crippen molar-refractivity contribution in [3.05, 3.63) is 62.9 Å². The molecule has 2 aliphatic heterocycles. The van der Waals surface area contributed by atoms with Crippen LogP contribution >= 0.6 is 23.4 Å². The number of hydrogen-bond donors (Lipinski definition) is 1. The number of nitro benzene ring substituents is 1. The molecule has 0 radical (unpaired) electrons. The smallest absolute Gasteiger partial charge is 0.289 e. The molecule has 1 aromatic heterocycles. The van der Waals surface area contributed by atoms with Crippen molar-refractivity contribution >= 4 is 57.1 Å². The Hall–Kier alpha value is -3.24. The number of hydrazone groups is 1. The lowest BCUT2D eigenvalue weighted by molar-refractivity contribution is -0.384. The Morgan fingerprint density at radius 2 is 2.12 bits per heavy atom.